The van der Waals surface area contributed by atoms with Gasteiger partial charge in [0.15, 0.2) is 5.65 Å². The first kappa shape index (κ1) is 17.8. The van der Waals surface area contributed by atoms with Crippen molar-refractivity contribution in [2.24, 2.45) is 0 Å². The lowest BCUT2D eigenvalue weighted by molar-refractivity contribution is 0.278. The SMILES string of the molecule is O=c1[nH]c2c(CO)nc(-n3cnc4ccc(F)cc43)nc2n1C1COc2ccccc21. The van der Waals surface area contributed by atoms with Crippen molar-refractivity contribution in [2.75, 3.05) is 6.61 Å². The molecule has 2 aromatic carbocycles. The third-order valence-electron chi connectivity index (χ3n) is 5.49. The van der Waals surface area contributed by atoms with Crippen LogP contribution in [0.4, 0.5) is 4.39 Å². The molecule has 154 valence electrons. The van der Waals surface area contributed by atoms with Gasteiger partial charge in [0.1, 0.15) is 36.1 Å². The molecule has 0 saturated heterocycles. The molecule has 5 aromatic rings. The van der Waals surface area contributed by atoms with Gasteiger partial charge in [-0.05, 0) is 18.2 Å². The molecule has 0 saturated carbocycles. The minimum atomic E-state index is -0.420. The summed E-state index contributed by atoms with van der Waals surface area (Å²) in [5.41, 5.74) is 2.44. The Morgan fingerprint density at radius 3 is 2.97 bits per heavy atom. The van der Waals surface area contributed by atoms with E-state index >= 15 is 0 Å². The van der Waals surface area contributed by atoms with E-state index in [1.54, 1.807) is 6.07 Å². The second kappa shape index (κ2) is 6.47. The van der Waals surface area contributed by atoms with Gasteiger partial charge in [0.05, 0.1) is 23.3 Å². The van der Waals surface area contributed by atoms with Gasteiger partial charge in [0.25, 0.3) is 0 Å². The molecule has 1 aliphatic heterocycles. The summed E-state index contributed by atoms with van der Waals surface area (Å²) in [4.78, 5) is 28.9. The predicted octanol–water partition coefficient (Wildman–Crippen LogP) is 2.07. The standard InChI is InChI=1S/C21H15FN6O3/c22-11-5-6-13-15(7-11)27(10-23-13)20-24-14(8-29)18-19(26-20)28(21(30)25-18)16-9-31-17-4-2-1-3-12(16)17/h1-7,10,16,29H,8-9H2,(H,25,30). The van der Waals surface area contributed by atoms with Crippen molar-refractivity contribution >= 4 is 22.2 Å². The van der Waals surface area contributed by atoms with Crippen LogP contribution in [0.3, 0.4) is 0 Å². The molecule has 31 heavy (non-hydrogen) atoms. The highest BCUT2D eigenvalue weighted by molar-refractivity contribution is 5.78. The topological polar surface area (TPSA) is 111 Å². The maximum absolute atomic E-state index is 13.8. The molecule has 3 aromatic heterocycles. The number of para-hydroxylation sites is 1. The number of aliphatic hydroxyl groups is 1. The van der Waals surface area contributed by atoms with Crippen LogP contribution in [-0.2, 0) is 6.61 Å². The number of nitrogens with one attached hydrogen (secondary N) is 1. The van der Waals surface area contributed by atoms with Crippen LogP contribution >= 0.6 is 0 Å². The Balaban J connectivity index is 1.61. The second-order valence-electron chi connectivity index (χ2n) is 7.24. The molecular formula is C21H15FN6O3. The van der Waals surface area contributed by atoms with E-state index < -0.39 is 12.4 Å². The molecule has 0 radical (unpaired) electrons. The Labute approximate surface area is 173 Å². The summed E-state index contributed by atoms with van der Waals surface area (Å²) in [6.45, 7) is -0.135. The molecule has 1 unspecified atom stereocenters. The van der Waals surface area contributed by atoms with Crippen molar-refractivity contribution in [3.05, 3.63) is 76.4 Å². The molecule has 0 bridgehead atoms. The number of hydrogen-bond donors (Lipinski definition) is 2. The van der Waals surface area contributed by atoms with Gasteiger partial charge in [-0.2, -0.15) is 4.98 Å². The fourth-order valence-corrected chi connectivity index (χ4v) is 4.06. The number of hydrogen-bond acceptors (Lipinski definition) is 6. The zero-order valence-electron chi connectivity index (χ0n) is 16.0. The van der Waals surface area contributed by atoms with E-state index in [1.807, 2.05) is 24.3 Å². The van der Waals surface area contributed by atoms with Crippen molar-refractivity contribution in [3.63, 3.8) is 0 Å². The first-order valence-corrected chi connectivity index (χ1v) is 9.61. The van der Waals surface area contributed by atoms with Crippen molar-refractivity contribution in [2.45, 2.75) is 12.6 Å². The lowest BCUT2D eigenvalue weighted by atomic mass is 10.1. The van der Waals surface area contributed by atoms with Gasteiger partial charge in [-0.15, -0.1) is 0 Å². The summed E-state index contributed by atoms with van der Waals surface area (Å²) in [5.74, 6) is 0.460. The van der Waals surface area contributed by atoms with Crippen molar-refractivity contribution in [1.29, 1.82) is 0 Å². The summed E-state index contributed by atoms with van der Waals surface area (Å²) in [5, 5.41) is 9.91. The Morgan fingerprint density at radius 2 is 2.10 bits per heavy atom. The van der Waals surface area contributed by atoms with E-state index in [0.717, 1.165) is 5.56 Å². The summed E-state index contributed by atoms with van der Waals surface area (Å²) >= 11 is 0. The number of halogens is 1. The van der Waals surface area contributed by atoms with E-state index in [1.165, 1.54) is 27.6 Å². The number of fused-ring (bicyclic) bond motifs is 3. The van der Waals surface area contributed by atoms with Crippen molar-refractivity contribution in [3.8, 4) is 11.7 Å². The number of nitrogens with zero attached hydrogens (tertiary/aromatic N) is 5. The number of aromatic nitrogens is 6. The molecule has 4 heterocycles. The third-order valence-corrected chi connectivity index (χ3v) is 5.49. The first-order valence-electron chi connectivity index (χ1n) is 9.61. The van der Waals surface area contributed by atoms with Crippen LogP contribution in [0.5, 0.6) is 5.75 Å². The number of rotatable bonds is 3. The molecule has 0 amide bonds. The van der Waals surface area contributed by atoms with Gasteiger partial charge in [-0.25, -0.2) is 19.2 Å². The van der Waals surface area contributed by atoms with Crippen molar-refractivity contribution < 1.29 is 14.2 Å². The molecule has 0 aliphatic carbocycles. The lowest BCUT2D eigenvalue weighted by Gasteiger charge is -2.12. The highest BCUT2D eigenvalue weighted by Crippen LogP contribution is 2.35. The maximum Gasteiger partial charge on any atom is 0.328 e. The van der Waals surface area contributed by atoms with Gasteiger partial charge < -0.3 is 14.8 Å². The summed E-state index contributed by atoms with van der Waals surface area (Å²) in [7, 11) is 0. The van der Waals surface area contributed by atoms with E-state index in [2.05, 4.69) is 19.9 Å². The highest BCUT2D eigenvalue weighted by atomic mass is 19.1. The Kier molecular flexibility index (Phi) is 3.71. The average molecular weight is 418 g/mol. The average Bonchev–Trinajstić information content (AvgIpc) is 3.47. The molecule has 1 aliphatic rings. The van der Waals surface area contributed by atoms with Gasteiger partial charge >= 0.3 is 5.69 Å². The zero-order chi connectivity index (χ0) is 21.1. The largest absolute Gasteiger partial charge is 0.491 e. The lowest BCUT2D eigenvalue weighted by Crippen LogP contribution is -2.24. The predicted molar refractivity (Wildman–Crippen MR) is 109 cm³/mol. The normalized spacial score (nSPS) is 15.5. The molecule has 10 heteroatoms. The van der Waals surface area contributed by atoms with Crippen LogP contribution in [0, 0.1) is 5.82 Å². The molecule has 2 N–H and O–H groups in total. The van der Waals surface area contributed by atoms with Gasteiger partial charge in [0, 0.05) is 11.6 Å². The fraction of sp³-hybridized carbons (Fsp3) is 0.143. The second-order valence-corrected chi connectivity index (χ2v) is 7.24. The first-order chi connectivity index (χ1) is 15.1. The number of imidazole rings is 2. The Bertz CT molecular complexity index is 1540. The number of ether oxygens (including phenoxy) is 1. The van der Waals surface area contributed by atoms with Crippen LogP contribution < -0.4 is 10.4 Å². The van der Waals surface area contributed by atoms with Gasteiger partial charge in [-0.3, -0.25) is 9.13 Å². The Morgan fingerprint density at radius 1 is 1.23 bits per heavy atom. The molecule has 0 spiro atoms. The van der Waals surface area contributed by atoms with E-state index in [-0.39, 0.29) is 30.0 Å². The summed E-state index contributed by atoms with van der Waals surface area (Å²) in [6, 6.07) is 11.3. The quantitative estimate of drug-likeness (QED) is 0.464. The maximum atomic E-state index is 13.8. The number of H-pyrrole nitrogens is 1. The van der Waals surface area contributed by atoms with Gasteiger partial charge in [0.2, 0.25) is 5.95 Å². The monoisotopic (exact) mass is 418 g/mol. The van der Waals surface area contributed by atoms with Crippen LogP contribution in [0.25, 0.3) is 28.1 Å². The number of aromatic amines is 1. The molecular weight excluding hydrogens is 403 g/mol. The smallest absolute Gasteiger partial charge is 0.328 e. The van der Waals surface area contributed by atoms with Gasteiger partial charge in [-0.1, -0.05) is 18.2 Å². The van der Waals surface area contributed by atoms with Crippen molar-refractivity contribution in [1.82, 2.24) is 29.1 Å². The minimum absolute atomic E-state index is 0.171. The minimum Gasteiger partial charge on any atom is -0.491 e. The molecule has 1 atom stereocenters. The Hall–Kier alpha value is -4.05. The number of aliphatic hydroxyl groups excluding tert-OH is 1. The van der Waals surface area contributed by atoms with E-state index in [0.29, 0.717) is 27.9 Å². The molecule has 6 rings (SSSR count). The van der Waals surface area contributed by atoms with Crippen LogP contribution in [0.1, 0.15) is 17.3 Å². The highest BCUT2D eigenvalue weighted by Gasteiger charge is 2.30. The van der Waals surface area contributed by atoms with Crippen LogP contribution in [0.2, 0.25) is 0 Å². The van der Waals surface area contributed by atoms with E-state index in [9.17, 15) is 14.3 Å². The fourth-order valence-electron chi connectivity index (χ4n) is 4.06. The summed E-state index contributed by atoms with van der Waals surface area (Å²) < 4.78 is 22.6. The third kappa shape index (κ3) is 2.58. The molecule has 9 nitrogen and oxygen atoms in total. The van der Waals surface area contributed by atoms with Crippen LogP contribution in [0.15, 0.2) is 53.6 Å². The summed E-state index contributed by atoms with van der Waals surface area (Å²) in [6.07, 6.45) is 1.48. The zero-order valence-corrected chi connectivity index (χ0v) is 16.0. The number of benzene rings is 2. The molecule has 0 fully saturated rings. The van der Waals surface area contributed by atoms with Crippen LogP contribution in [-0.4, -0.2) is 40.8 Å². The van der Waals surface area contributed by atoms with E-state index in [4.69, 9.17) is 4.74 Å².